The Balaban J connectivity index is 0.000000317. The van der Waals surface area contributed by atoms with Gasteiger partial charge in [-0.1, -0.05) is 56.7 Å². The molecular weight excluding hydrogens is 384 g/mol. The largest absolute Gasteiger partial charge is 0.392 e. The van der Waals surface area contributed by atoms with E-state index in [1.807, 2.05) is 32.9 Å². The average molecular weight is 425 g/mol. The molecule has 3 rings (SSSR count). The first-order chi connectivity index (χ1) is 14.8. The Morgan fingerprint density at radius 3 is 2.13 bits per heavy atom. The van der Waals surface area contributed by atoms with Crippen molar-refractivity contribution in [2.75, 3.05) is 0 Å². The summed E-state index contributed by atoms with van der Waals surface area (Å²) in [6, 6.07) is 10.4. The zero-order valence-corrected chi connectivity index (χ0v) is 20.5. The minimum Gasteiger partial charge on any atom is -0.392 e. The van der Waals surface area contributed by atoms with Gasteiger partial charge in [0.2, 0.25) is 0 Å². The second-order valence-corrected chi connectivity index (χ2v) is 7.85. The predicted octanol–water partition coefficient (Wildman–Crippen LogP) is 5.84. The number of carbonyl (C=O) groups excluding carboxylic acids is 1. The van der Waals surface area contributed by atoms with Gasteiger partial charge in [-0.2, -0.15) is 0 Å². The number of nitrogens with one attached hydrogen (secondary N) is 2. The number of aliphatic hydroxyl groups excluding tert-OH is 1. The minimum absolute atomic E-state index is 0.0145. The first-order valence-corrected chi connectivity index (χ1v) is 11.3. The Kier molecular flexibility index (Phi) is 11.1. The molecular formula is C27H40N2O2. The van der Waals surface area contributed by atoms with Gasteiger partial charge in [0.25, 0.3) is 0 Å². The molecule has 0 spiro atoms. The van der Waals surface area contributed by atoms with Crippen LogP contribution in [0.25, 0.3) is 0 Å². The highest BCUT2D eigenvalue weighted by Gasteiger charge is 2.22. The molecule has 0 radical (unpaired) electrons. The highest BCUT2D eigenvalue weighted by Crippen LogP contribution is 2.22. The molecule has 1 aliphatic rings. The summed E-state index contributed by atoms with van der Waals surface area (Å²) < 4.78 is 0. The van der Waals surface area contributed by atoms with Gasteiger partial charge in [-0.25, -0.2) is 0 Å². The van der Waals surface area contributed by atoms with Crippen LogP contribution < -0.4 is 10.6 Å². The lowest BCUT2D eigenvalue weighted by Crippen LogP contribution is -2.25. The van der Waals surface area contributed by atoms with Crippen molar-refractivity contribution in [1.82, 2.24) is 10.6 Å². The molecule has 0 saturated heterocycles. The molecule has 0 aliphatic carbocycles. The van der Waals surface area contributed by atoms with Gasteiger partial charge in [-0.3, -0.25) is 4.79 Å². The van der Waals surface area contributed by atoms with Crippen molar-refractivity contribution in [3.8, 4) is 0 Å². The molecule has 3 N–H and O–H groups in total. The maximum Gasteiger partial charge on any atom is 0.180 e. The molecule has 0 fully saturated rings. The highest BCUT2D eigenvalue weighted by atomic mass is 16.3. The van der Waals surface area contributed by atoms with Gasteiger partial charge in [0, 0.05) is 12.6 Å². The zero-order valence-electron chi connectivity index (χ0n) is 20.5. The van der Waals surface area contributed by atoms with Gasteiger partial charge in [-0.15, -0.1) is 0 Å². The Morgan fingerprint density at radius 1 is 0.968 bits per heavy atom. The zero-order chi connectivity index (χ0) is 23.6. The number of aliphatic hydroxyl groups is 1. The number of allylic oxidation sites excluding steroid dienone is 1. The van der Waals surface area contributed by atoms with Gasteiger partial charge in [0.15, 0.2) is 5.78 Å². The van der Waals surface area contributed by atoms with E-state index in [4.69, 9.17) is 5.11 Å². The monoisotopic (exact) mass is 424 g/mol. The van der Waals surface area contributed by atoms with E-state index in [0.29, 0.717) is 12.1 Å². The van der Waals surface area contributed by atoms with Crippen molar-refractivity contribution in [2.45, 2.75) is 81.0 Å². The summed E-state index contributed by atoms with van der Waals surface area (Å²) in [7, 11) is 0. The van der Waals surface area contributed by atoms with Crippen LogP contribution in [0.15, 0.2) is 42.2 Å². The normalized spacial score (nSPS) is 14.2. The molecule has 1 heterocycles. The average Bonchev–Trinajstić information content (AvgIpc) is 3.25. The molecule has 1 unspecified atom stereocenters. The summed E-state index contributed by atoms with van der Waals surface area (Å²) in [6.45, 7) is 16.6. The lowest BCUT2D eigenvalue weighted by atomic mass is 10.0. The lowest BCUT2D eigenvalue weighted by molar-refractivity contribution is -0.115. The van der Waals surface area contributed by atoms with Gasteiger partial charge < -0.3 is 15.7 Å². The van der Waals surface area contributed by atoms with Crippen LogP contribution in [-0.4, -0.2) is 10.9 Å². The SMILES string of the molecule is CC.CCCC(=O)C1=CNC(c2cc(C)ccc2C)N1.Cc1cc(CO)cc(C)c1C. The summed E-state index contributed by atoms with van der Waals surface area (Å²) in [6.07, 6.45) is 3.29. The predicted molar refractivity (Wildman–Crippen MR) is 131 cm³/mol. The van der Waals surface area contributed by atoms with E-state index in [1.165, 1.54) is 33.4 Å². The fourth-order valence-corrected chi connectivity index (χ4v) is 3.38. The Hall–Kier alpha value is -2.59. The van der Waals surface area contributed by atoms with Crippen molar-refractivity contribution in [3.63, 3.8) is 0 Å². The number of Topliss-reactive ketones (excluding diaryl/α,β-unsaturated/α-hetero) is 1. The Labute approximate surface area is 188 Å². The number of carbonyl (C=O) groups is 1. The fourth-order valence-electron chi connectivity index (χ4n) is 3.38. The van der Waals surface area contributed by atoms with Gasteiger partial charge in [0.1, 0.15) is 6.17 Å². The Bertz CT molecular complexity index is 877. The molecule has 0 aromatic heterocycles. The number of benzene rings is 2. The second-order valence-electron chi connectivity index (χ2n) is 7.85. The fraction of sp³-hybridized carbons (Fsp3) is 0.444. The number of rotatable bonds is 5. The molecule has 2 aromatic rings. The summed E-state index contributed by atoms with van der Waals surface area (Å²) >= 11 is 0. The highest BCUT2D eigenvalue weighted by molar-refractivity contribution is 5.95. The van der Waals surface area contributed by atoms with Gasteiger partial charge in [0.05, 0.1) is 12.3 Å². The first kappa shape index (κ1) is 26.4. The van der Waals surface area contributed by atoms with Crippen LogP contribution in [0.4, 0.5) is 0 Å². The van der Waals surface area contributed by atoms with Crippen LogP contribution in [0.2, 0.25) is 0 Å². The smallest absolute Gasteiger partial charge is 0.180 e. The topological polar surface area (TPSA) is 61.4 Å². The molecule has 170 valence electrons. The molecule has 0 amide bonds. The summed E-state index contributed by atoms with van der Waals surface area (Å²) in [5.74, 6) is 0.179. The van der Waals surface area contributed by atoms with Crippen LogP contribution >= 0.6 is 0 Å². The third-order valence-corrected chi connectivity index (χ3v) is 5.39. The maximum atomic E-state index is 11.8. The van der Waals surface area contributed by atoms with E-state index in [-0.39, 0.29) is 18.6 Å². The number of aryl methyl sites for hydroxylation is 4. The lowest BCUT2D eigenvalue weighted by Gasteiger charge is -2.17. The van der Waals surface area contributed by atoms with Crippen LogP contribution in [0, 0.1) is 34.6 Å². The van der Waals surface area contributed by atoms with E-state index in [2.05, 4.69) is 63.5 Å². The first-order valence-electron chi connectivity index (χ1n) is 11.3. The van der Waals surface area contributed by atoms with Gasteiger partial charge >= 0.3 is 0 Å². The molecule has 4 heteroatoms. The second kappa shape index (κ2) is 13.0. The van der Waals surface area contributed by atoms with Gasteiger partial charge in [-0.05, 0) is 74.4 Å². The quantitative estimate of drug-likeness (QED) is 0.565. The van der Waals surface area contributed by atoms with E-state index in [9.17, 15) is 4.79 Å². The third-order valence-electron chi connectivity index (χ3n) is 5.39. The molecule has 31 heavy (non-hydrogen) atoms. The minimum atomic E-state index is 0.0145. The summed E-state index contributed by atoms with van der Waals surface area (Å²) in [5.41, 5.74) is 9.19. The van der Waals surface area contributed by atoms with Crippen LogP contribution in [0.5, 0.6) is 0 Å². The number of ketones is 1. The number of hydrogen-bond acceptors (Lipinski definition) is 4. The molecule has 2 aromatic carbocycles. The standard InChI is InChI=1S/C15H20N2O.C10H14O.C2H6/c1-4-5-14(18)13-9-16-15(17-13)12-8-10(2)6-7-11(12)3;1-7-4-10(6-11)5-8(2)9(7)3;1-2/h6-9,15-17H,4-5H2,1-3H3;4-5,11H,6H2,1-3H3;1-2H3. The number of hydrogen-bond donors (Lipinski definition) is 3. The van der Waals surface area contributed by atoms with Crippen LogP contribution in [-0.2, 0) is 11.4 Å². The van der Waals surface area contributed by atoms with E-state index in [0.717, 1.165) is 12.0 Å². The summed E-state index contributed by atoms with van der Waals surface area (Å²) in [5, 5.41) is 15.4. The van der Waals surface area contributed by atoms with E-state index >= 15 is 0 Å². The molecule has 0 bridgehead atoms. The van der Waals surface area contributed by atoms with Crippen molar-refractivity contribution in [3.05, 3.63) is 81.2 Å². The van der Waals surface area contributed by atoms with Crippen LogP contribution in [0.3, 0.4) is 0 Å². The molecule has 1 atom stereocenters. The van der Waals surface area contributed by atoms with E-state index in [1.54, 1.807) is 6.20 Å². The van der Waals surface area contributed by atoms with Crippen molar-refractivity contribution in [1.29, 1.82) is 0 Å². The summed E-state index contributed by atoms with van der Waals surface area (Å²) in [4.78, 5) is 11.8. The maximum absolute atomic E-state index is 11.8. The van der Waals surface area contributed by atoms with E-state index < -0.39 is 0 Å². The Morgan fingerprint density at radius 2 is 1.58 bits per heavy atom. The van der Waals surface area contributed by atoms with Crippen LogP contribution in [0.1, 0.15) is 78.7 Å². The van der Waals surface area contributed by atoms with Crippen molar-refractivity contribution >= 4 is 5.78 Å². The molecule has 4 nitrogen and oxygen atoms in total. The van der Waals surface area contributed by atoms with Crippen molar-refractivity contribution in [2.24, 2.45) is 0 Å². The molecule has 0 saturated carbocycles. The van der Waals surface area contributed by atoms with Crippen molar-refractivity contribution < 1.29 is 9.90 Å². The third kappa shape index (κ3) is 7.55. The molecule has 1 aliphatic heterocycles.